The third kappa shape index (κ3) is 1.81. The highest BCUT2D eigenvalue weighted by Gasteiger charge is 2.24. The fraction of sp³-hybridized carbons (Fsp3) is 0.100. The van der Waals surface area contributed by atoms with E-state index in [0.717, 1.165) is 10.9 Å². The number of benzene rings is 1. The third-order valence-electron chi connectivity index (χ3n) is 1.95. The summed E-state index contributed by atoms with van der Waals surface area (Å²) in [6.07, 6.45) is 1.71. The maximum absolute atomic E-state index is 5.84. The summed E-state index contributed by atoms with van der Waals surface area (Å²) in [5.74, 6) is 0. The summed E-state index contributed by atoms with van der Waals surface area (Å²) in [4.78, 5) is 4.18. The third-order valence-corrected chi connectivity index (χ3v) is 2.56. The van der Waals surface area contributed by atoms with E-state index in [0.29, 0.717) is 5.56 Å². The Morgan fingerprint density at radius 3 is 2.50 bits per heavy atom. The van der Waals surface area contributed by atoms with Crippen LogP contribution in [-0.4, -0.2) is 4.98 Å². The lowest BCUT2D eigenvalue weighted by atomic mass is 10.1. The van der Waals surface area contributed by atoms with Crippen LogP contribution in [0.5, 0.6) is 0 Å². The number of alkyl halides is 3. The van der Waals surface area contributed by atoms with Gasteiger partial charge in [0.25, 0.3) is 0 Å². The van der Waals surface area contributed by atoms with Gasteiger partial charge in [0.15, 0.2) is 0 Å². The van der Waals surface area contributed by atoms with Crippen molar-refractivity contribution in [2.75, 3.05) is 0 Å². The molecule has 72 valence electrons. The van der Waals surface area contributed by atoms with Crippen molar-refractivity contribution in [2.24, 2.45) is 0 Å². The van der Waals surface area contributed by atoms with E-state index in [1.54, 1.807) is 12.3 Å². The van der Waals surface area contributed by atoms with Gasteiger partial charge >= 0.3 is 0 Å². The van der Waals surface area contributed by atoms with Crippen molar-refractivity contribution < 1.29 is 0 Å². The normalized spacial score (nSPS) is 11.9. The summed E-state index contributed by atoms with van der Waals surface area (Å²) in [6, 6.07) is 9.21. The lowest BCUT2D eigenvalue weighted by Gasteiger charge is -2.13. The molecule has 0 unspecified atom stereocenters. The fourth-order valence-corrected chi connectivity index (χ4v) is 1.84. The topological polar surface area (TPSA) is 12.9 Å². The number of halogens is 3. The molecule has 0 atom stereocenters. The summed E-state index contributed by atoms with van der Waals surface area (Å²) in [5, 5.41) is 0.870. The van der Waals surface area contributed by atoms with E-state index in [4.69, 9.17) is 34.8 Å². The predicted molar refractivity (Wildman–Crippen MR) is 61.0 cm³/mol. The number of pyridine rings is 1. The Kier molecular flexibility index (Phi) is 2.56. The average Bonchev–Trinajstić information content (AvgIpc) is 2.15. The van der Waals surface area contributed by atoms with Gasteiger partial charge in [-0.3, -0.25) is 4.98 Å². The van der Waals surface area contributed by atoms with Gasteiger partial charge in [0.05, 0.1) is 5.52 Å². The van der Waals surface area contributed by atoms with Crippen LogP contribution >= 0.6 is 34.8 Å². The second kappa shape index (κ2) is 3.58. The van der Waals surface area contributed by atoms with Gasteiger partial charge in [-0.1, -0.05) is 53.0 Å². The lowest BCUT2D eigenvalue weighted by Crippen LogP contribution is -2.00. The van der Waals surface area contributed by atoms with Gasteiger partial charge in [-0.25, -0.2) is 0 Å². The molecule has 1 aromatic carbocycles. The Morgan fingerprint density at radius 1 is 1.00 bits per heavy atom. The second-order valence-electron chi connectivity index (χ2n) is 2.87. The first kappa shape index (κ1) is 10.0. The van der Waals surface area contributed by atoms with Crippen LogP contribution in [0.25, 0.3) is 10.9 Å². The maximum Gasteiger partial charge on any atom is 0.216 e. The van der Waals surface area contributed by atoms with Gasteiger partial charge in [0.1, 0.15) is 0 Å². The molecule has 1 aromatic heterocycles. The molecular formula is C10H6Cl3N. The summed E-state index contributed by atoms with van der Waals surface area (Å²) in [5.41, 5.74) is 1.49. The summed E-state index contributed by atoms with van der Waals surface area (Å²) in [6.45, 7) is 0. The van der Waals surface area contributed by atoms with E-state index in [9.17, 15) is 0 Å². The van der Waals surface area contributed by atoms with Gasteiger partial charge in [-0.2, -0.15) is 0 Å². The molecule has 0 bridgehead atoms. The Labute approximate surface area is 96.6 Å². The highest BCUT2D eigenvalue weighted by molar-refractivity contribution is 6.67. The zero-order valence-corrected chi connectivity index (χ0v) is 9.31. The molecule has 0 aliphatic heterocycles. The smallest absolute Gasteiger partial charge is 0.216 e. The molecule has 0 N–H and O–H groups in total. The van der Waals surface area contributed by atoms with Crippen LogP contribution in [0.3, 0.4) is 0 Å². The molecule has 4 heteroatoms. The highest BCUT2D eigenvalue weighted by atomic mass is 35.6. The van der Waals surface area contributed by atoms with Gasteiger partial charge in [-0.05, 0) is 12.1 Å². The zero-order valence-electron chi connectivity index (χ0n) is 7.05. The molecular weight excluding hydrogens is 240 g/mol. The van der Waals surface area contributed by atoms with E-state index < -0.39 is 3.79 Å². The largest absolute Gasteiger partial charge is 0.256 e. The Balaban J connectivity index is 2.78. The van der Waals surface area contributed by atoms with E-state index in [1.165, 1.54) is 0 Å². The summed E-state index contributed by atoms with van der Waals surface area (Å²) in [7, 11) is 0. The van der Waals surface area contributed by atoms with Gasteiger partial charge in [-0.15, -0.1) is 0 Å². The molecule has 0 aliphatic rings. The van der Waals surface area contributed by atoms with Gasteiger partial charge in [0, 0.05) is 17.1 Å². The van der Waals surface area contributed by atoms with Crippen LogP contribution in [0.1, 0.15) is 5.56 Å². The second-order valence-corrected chi connectivity index (χ2v) is 5.15. The summed E-state index contributed by atoms with van der Waals surface area (Å²) < 4.78 is -1.40. The zero-order chi connectivity index (χ0) is 10.2. The van der Waals surface area contributed by atoms with Crippen LogP contribution < -0.4 is 0 Å². The quantitative estimate of drug-likeness (QED) is 0.639. The molecule has 14 heavy (non-hydrogen) atoms. The number of fused-ring (bicyclic) bond motifs is 1. The van der Waals surface area contributed by atoms with Crippen molar-refractivity contribution in [1.29, 1.82) is 0 Å². The van der Waals surface area contributed by atoms with Crippen molar-refractivity contribution >= 4 is 45.7 Å². The Morgan fingerprint density at radius 2 is 1.79 bits per heavy atom. The lowest BCUT2D eigenvalue weighted by molar-refractivity contribution is 1.26. The molecule has 1 heterocycles. The molecule has 0 spiro atoms. The SMILES string of the molecule is ClC(Cl)(Cl)c1cccc2ncccc12. The number of nitrogens with zero attached hydrogens (tertiary/aromatic N) is 1. The maximum atomic E-state index is 5.84. The molecule has 2 rings (SSSR count). The monoisotopic (exact) mass is 245 g/mol. The van der Waals surface area contributed by atoms with Crippen molar-refractivity contribution in [3.63, 3.8) is 0 Å². The molecule has 0 radical (unpaired) electrons. The minimum atomic E-state index is -1.40. The first-order valence-corrected chi connectivity index (χ1v) is 5.13. The molecule has 1 nitrogen and oxygen atoms in total. The first-order valence-electron chi connectivity index (χ1n) is 4.00. The number of hydrogen-bond donors (Lipinski definition) is 0. The first-order chi connectivity index (χ1) is 6.59. The van der Waals surface area contributed by atoms with Crippen LogP contribution in [0.2, 0.25) is 0 Å². The number of rotatable bonds is 0. The number of aromatic nitrogens is 1. The van der Waals surface area contributed by atoms with E-state index in [-0.39, 0.29) is 0 Å². The number of hydrogen-bond acceptors (Lipinski definition) is 1. The summed E-state index contributed by atoms with van der Waals surface area (Å²) >= 11 is 17.5. The van der Waals surface area contributed by atoms with Crippen molar-refractivity contribution in [2.45, 2.75) is 3.79 Å². The Bertz CT molecular complexity index is 457. The van der Waals surface area contributed by atoms with E-state index in [2.05, 4.69) is 4.98 Å². The van der Waals surface area contributed by atoms with Crippen LogP contribution in [0.4, 0.5) is 0 Å². The molecule has 0 amide bonds. The van der Waals surface area contributed by atoms with Crippen LogP contribution in [0.15, 0.2) is 36.5 Å². The molecule has 0 saturated carbocycles. The average molecular weight is 247 g/mol. The molecule has 0 saturated heterocycles. The minimum absolute atomic E-state index is 0.660. The van der Waals surface area contributed by atoms with Crippen LogP contribution in [-0.2, 0) is 3.79 Å². The van der Waals surface area contributed by atoms with E-state index >= 15 is 0 Å². The van der Waals surface area contributed by atoms with Crippen molar-refractivity contribution in [3.8, 4) is 0 Å². The minimum Gasteiger partial charge on any atom is -0.256 e. The van der Waals surface area contributed by atoms with Gasteiger partial charge < -0.3 is 0 Å². The van der Waals surface area contributed by atoms with Crippen molar-refractivity contribution in [3.05, 3.63) is 42.1 Å². The Hall–Kier alpha value is -0.500. The molecule has 0 fully saturated rings. The molecule has 0 aliphatic carbocycles. The highest BCUT2D eigenvalue weighted by Crippen LogP contribution is 2.41. The predicted octanol–water partition coefficient (Wildman–Crippen LogP) is 4.06. The van der Waals surface area contributed by atoms with Gasteiger partial charge in [0.2, 0.25) is 3.79 Å². The fourth-order valence-electron chi connectivity index (χ4n) is 1.35. The van der Waals surface area contributed by atoms with Crippen LogP contribution in [0, 0.1) is 0 Å². The standard InChI is InChI=1S/C10H6Cl3N/c11-10(12,13)8-4-1-5-9-7(8)3-2-6-14-9/h1-6H. The molecule has 2 aromatic rings. The van der Waals surface area contributed by atoms with Crippen molar-refractivity contribution in [1.82, 2.24) is 4.98 Å². The van der Waals surface area contributed by atoms with E-state index in [1.807, 2.05) is 24.3 Å².